The molecule has 4 rings (SSSR count). The van der Waals surface area contributed by atoms with Gasteiger partial charge in [-0.05, 0) is 65.3 Å². The van der Waals surface area contributed by atoms with E-state index in [0.29, 0.717) is 18.3 Å². The minimum absolute atomic E-state index is 0.344. The second kappa shape index (κ2) is 19.3. The van der Waals surface area contributed by atoms with E-state index >= 15 is 0 Å². The number of hydrogen-bond acceptors (Lipinski definition) is 3. The summed E-state index contributed by atoms with van der Waals surface area (Å²) in [6.45, 7) is 14.7. The Morgan fingerprint density at radius 2 is 1.52 bits per heavy atom. The van der Waals surface area contributed by atoms with Crippen molar-refractivity contribution in [3.63, 3.8) is 0 Å². The molecule has 0 saturated heterocycles. The lowest BCUT2D eigenvalue weighted by molar-refractivity contribution is -0.131. The molecule has 42 heavy (non-hydrogen) atoms. The van der Waals surface area contributed by atoms with Gasteiger partial charge in [-0.3, -0.25) is 4.79 Å². The molecule has 0 radical (unpaired) electrons. The molecule has 0 fully saturated rings. The fourth-order valence-electron chi connectivity index (χ4n) is 4.49. The number of ether oxygens (including phenoxy) is 2. The van der Waals surface area contributed by atoms with Crippen LogP contribution >= 0.6 is 0 Å². The van der Waals surface area contributed by atoms with Crippen LogP contribution in [0, 0.1) is 0 Å². The number of carbonyl (C=O) groups excluding carboxylic acids is 1. The molecule has 0 bridgehead atoms. The first-order valence-corrected chi connectivity index (χ1v) is 15.6. The van der Waals surface area contributed by atoms with Gasteiger partial charge in [0.25, 0.3) is 0 Å². The Kier molecular flexibility index (Phi) is 15.8. The Bertz CT molecular complexity index is 1300. The maximum absolute atomic E-state index is 12.1. The van der Waals surface area contributed by atoms with E-state index in [2.05, 4.69) is 88.4 Å². The van der Waals surface area contributed by atoms with E-state index in [4.69, 9.17) is 9.47 Å². The van der Waals surface area contributed by atoms with E-state index in [-0.39, 0.29) is 5.97 Å². The lowest BCUT2D eigenvalue weighted by Gasteiger charge is -2.18. The molecule has 3 nitrogen and oxygen atoms in total. The molecule has 3 aromatic carbocycles. The van der Waals surface area contributed by atoms with Gasteiger partial charge < -0.3 is 9.47 Å². The number of rotatable bonds is 10. The lowest BCUT2D eigenvalue weighted by atomic mass is 9.94. The monoisotopic (exact) mass is 566 g/mol. The van der Waals surface area contributed by atoms with Crippen molar-refractivity contribution in [1.82, 2.24) is 0 Å². The molecule has 0 amide bonds. The number of allylic oxidation sites excluding steroid dienone is 6. The predicted octanol–water partition coefficient (Wildman–Crippen LogP) is 11.5. The minimum Gasteiger partial charge on any atom is -0.489 e. The van der Waals surface area contributed by atoms with Gasteiger partial charge >= 0.3 is 5.97 Å². The van der Waals surface area contributed by atoms with Gasteiger partial charge in [-0.15, -0.1) is 0 Å². The van der Waals surface area contributed by atoms with E-state index < -0.39 is 0 Å². The van der Waals surface area contributed by atoms with Crippen molar-refractivity contribution in [2.75, 3.05) is 0 Å². The molecule has 0 aromatic heterocycles. The second-order valence-electron chi connectivity index (χ2n) is 10.2. The summed E-state index contributed by atoms with van der Waals surface area (Å²) in [6, 6.07) is 22.6. The highest BCUT2D eigenvalue weighted by Gasteiger charge is 2.18. The average Bonchev–Trinajstić information content (AvgIpc) is 3.32. The van der Waals surface area contributed by atoms with Gasteiger partial charge in [-0.1, -0.05) is 134 Å². The predicted molar refractivity (Wildman–Crippen MR) is 180 cm³/mol. The Hall–Kier alpha value is -3.85. The van der Waals surface area contributed by atoms with Crippen molar-refractivity contribution in [2.45, 2.75) is 93.1 Å². The molecule has 1 atom stereocenters. The molecule has 0 heterocycles. The third kappa shape index (κ3) is 10.9. The SMILES string of the molecule is CC.CCCC.CCCC(C)c1ccc(OCc2cc(C3=CC=CCC=C3)c(OC(C)=O)c(-c3ccccc3)c2)cc1. The van der Waals surface area contributed by atoms with E-state index in [1.54, 1.807) is 0 Å². The highest BCUT2D eigenvalue weighted by atomic mass is 16.5. The van der Waals surface area contributed by atoms with E-state index in [0.717, 1.165) is 40.0 Å². The summed E-state index contributed by atoms with van der Waals surface area (Å²) in [5.41, 5.74) is 6.06. The van der Waals surface area contributed by atoms with Gasteiger partial charge in [-0.2, -0.15) is 0 Å². The summed E-state index contributed by atoms with van der Waals surface area (Å²) in [4.78, 5) is 12.1. The van der Waals surface area contributed by atoms with Gasteiger partial charge in [0.15, 0.2) is 0 Å². The summed E-state index contributed by atoms with van der Waals surface area (Å²) < 4.78 is 12.0. The van der Waals surface area contributed by atoms with Crippen molar-refractivity contribution < 1.29 is 14.3 Å². The molecule has 1 aliphatic rings. The molecule has 3 heteroatoms. The van der Waals surface area contributed by atoms with E-state index in [1.165, 1.54) is 38.2 Å². The molecule has 1 unspecified atom stereocenters. The maximum atomic E-state index is 12.1. The molecule has 1 aliphatic carbocycles. The number of benzene rings is 3. The fraction of sp³-hybridized carbons (Fsp3) is 0.359. The lowest BCUT2D eigenvalue weighted by Crippen LogP contribution is -2.07. The topological polar surface area (TPSA) is 35.5 Å². The van der Waals surface area contributed by atoms with Crippen molar-refractivity contribution >= 4 is 11.5 Å². The summed E-state index contributed by atoms with van der Waals surface area (Å²) in [6.07, 6.45) is 16.3. The van der Waals surface area contributed by atoms with E-state index in [1.807, 2.05) is 50.3 Å². The molecule has 0 aliphatic heterocycles. The number of hydrogen-bond donors (Lipinski definition) is 0. The van der Waals surface area contributed by atoms with Crippen molar-refractivity contribution in [1.29, 1.82) is 0 Å². The van der Waals surface area contributed by atoms with Gasteiger partial charge in [0.2, 0.25) is 0 Å². The number of carbonyl (C=O) groups is 1. The van der Waals surface area contributed by atoms with Crippen LogP contribution in [-0.4, -0.2) is 5.97 Å². The van der Waals surface area contributed by atoms with Crippen LogP contribution in [0.25, 0.3) is 16.7 Å². The first kappa shape index (κ1) is 34.4. The standard InChI is InChI=1S/C33H34O3.C4H10.C2H6/c1-4-12-24(2)27-17-19-30(20-18-27)35-23-26-21-31(28-13-8-5-6-9-14-28)33(36-25(3)34)32(22-26)29-15-10-7-11-16-29;1-3-4-2;1-2/h5,7-11,13-22,24H,4,6,12,23H2,1-3H3;3-4H2,1-2H3;1-2H3. The first-order valence-electron chi connectivity index (χ1n) is 15.6. The fourth-order valence-corrected chi connectivity index (χ4v) is 4.49. The highest BCUT2D eigenvalue weighted by Crippen LogP contribution is 2.39. The van der Waals surface area contributed by atoms with Gasteiger partial charge in [0, 0.05) is 18.1 Å². The van der Waals surface area contributed by atoms with Gasteiger partial charge in [0.05, 0.1) is 0 Å². The molecular weight excluding hydrogens is 516 g/mol. The number of esters is 1. The smallest absolute Gasteiger partial charge is 0.308 e. The zero-order valence-electron chi connectivity index (χ0n) is 26.8. The third-order valence-electron chi connectivity index (χ3n) is 6.85. The highest BCUT2D eigenvalue weighted by molar-refractivity contribution is 5.88. The van der Waals surface area contributed by atoms with Crippen LogP contribution in [-0.2, 0) is 11.4 Å². The average molecular weight is 567 g/mol. The molecule has 0 spiro atoms. The quantitative estimate of drug-likeness (QED) is 0.181. The van der Waals surface area contributed by atoms with Crippen LogP contribution in [0.1, 0.15) is 103 Å². The van der Waals surface area contributed by atoms with E-state index in [9.17, 15) is 4.79 Å². The largest absolute Gasteiger partial charge is 0.489 e. The summed E-state index contributed by atoms with van der Waals surface area (Å²) >= 11 is 0. The van der Waals surface area contributed by atoms with Crippen molar-refractivity contribution in [2.24, 2.45) is 0 Å². The van der Waals surface area contributed by atoms with Crippen molar-refractivity contribution in [3.8, 4) is 22.6 Å². The summed E-state index contributed by atoms with van der Waals surface area (Å²) in [5, 5.41) is 0. The molecular formula is C39H50O3. The van der Waals surface area contributed by atoms with Crippen LogP contribution < -0.4 is 9.47 Å². The van der Waals surface area contributed by atoms with Crippen molar-refractivity contribution in [3.05, 3.63) is 114 Å². The molecule has 224 valence electrons. The number of unbranched alkanes of at least 4 members (excludes halogenated alkanes) is 1. The maximum Gasteiger partial charge on any atom is 0.308 e. The Balaban J connectivity index is 0.000000947. The normalized spacial score (nSPS) is 12.5. The zero-order valence-corrected chi connectivity index (χ0v) is 26.8. The van der Waals surface area contributed by atoms with Crippen LogP contribution in [0.15, 0.2) is 97.1 Å². The summed E-state index contributed by atoms with van der Waals surface area (Å²) in [7, 11) is 0. The molecule has 3 aromatic rings. The third-order valence-corrected chi connectivity index (χ3v) is 6.85. The van der Waals surface area contributed by atoms with Crippen LogP contribution in [0.5, 0.6) is 11.5 Å². The molecule has 0 saturated carbocycles. The molecule has 0 N–H and O–H groups in total. The zero-order chi connectivity index (χ0) is 30.7. The second-order valence-corrected chi connectivity index (χ2v) is 10.2. The van der Waals surface area contributed by atoms with Crippen LogP contribution in [0.4, 0.5) is 0 Å². The minimum atomic E-state index is -0.344. The van der Waals surface area contributed by atoms with Crippen LogP contribution in [0.3, 0.4) is 0 Å². The van der Waals surface area contributed by atoms with Gasteiger partial charge in [0.1, 0.15) is 18.1 Å². The summed E-state index contributed by atoms with van der Waals surface area (Å²) in [5.74, 6) is 1.61. The Morgan fingerprint density at radius 1 is 0.857 bits per heavy atom. The van der Waals surface area contributed by atoms with Crippen LogP contribution in [0.2, 0.25) is 0 Å². The Morgan fingerprint density at radius 3 is 2.14 bits per heavy atom. The first-order chi connectivity index (χ1) is 20.5. The Labute approximate surface area is 255 Å². The van der Waals surface area contributed by atoms with Gasteiger partial charge in [-0.25, -0.2) is 0 Å².